The Bertz CT molecular complexity index is 1230. The number of urea groups is 1. The van der Waals surface area contributed by atoms with Crippen LogP contribution in [0.4, 0.5) is 4.79 Å². The van der Waals surface area contributed by atoms with Crippen LogP contribution in [0.5, 0.6) is 0 Å². The Hall–Kier alpha value is -4.00. The van der Waals surface area contributed by atoms with Crippen molar-refractivity contribution in [2.75, 3.05) is 6.54 Å². The summed E-state index contributed by atoms with van der Waals surface area (Å²) in [6.07, 6.45) is 0. The van der Waals surface area contributed by atoms with E-state index in [1.165, 1.54) is 11.8 Å². The minimum atomic E-state index is -0.814. The summed E-state index contributed by atoms with van der Waals surface area (Å²) in [5, 5.41) is 0. The third-order valence-corrected chi connectivity index (χ3v) is 5.97. The van der Waals surface area contributed by atoms with Gasteiger partial charge in [0.1, 0.15) is 6.04 Å². The Kier molecular flexibility index (Phi) is 5.96. The van der Waals surface area contributed by atoms with E-state index < -0.39 is 30.3 Å². The number of ketones is 2. The predicted molar refractivity (Wildman–Crippen MR) is 123 cm³/mol. The van der Waals surface area contributed by atoms with Crippen molar-refractivity contribution in [1.29, 1.82) is 0 Å². The molecule has 1 aliphatic rings. The highest BCUT2D eigenvalue weighted by Crippen LogP contribution is 2.33. The van der Waals surface area contributed by atoms with Crippen molar-refractivity contribution in [1.82, 2.24) is 14.8 Å². The van der Waals surface area contributed by atoms with Gasteiger partial charge >= 0.3 is 6.03 Å². The maximum atomic E-state index is 13.4. The number of carbonyl (C=O) groups is 4. The fraction of sp³-hybridized carbons (Fsp3) is 0.231. The number of imide groups is 1. The Morgan fingerprint density at radius 3 is 2.12 bits per heavy atom. The molecule has 168 valence electrons. The second-order valence-corrected chi connectivity index (χ2v) is 8.24. The van der Waals surface area contributed by atoms with Crippen LogP contribution in [0.2, 0.25) is 0 Å². The Morgan fingerprint density at radius 1 is 0.939 bits per heavy atom. The van der Waals surface area contributed by atoms with Gasteiger partial charge in [-0.15, -0.1) is 0 Å². The summed E-state index contributed by atoms with van der Waals surface area (Å²) in [7, 11) is 0. The first-order chi connectivity index (χ1) is 15.8. The highest BCUT2D eigenvalue weighted by Gasteiger charge is 2.46. The average Bonchev–Trinajstić information content (AvgIpc) is 3.22. The van der Waals surface area contributed by atoms with Gasteiger partial charge in [0.2, 0.25) is 0 Å². The number of nitrogens with one attached hydrogen (secondary N) is 1. The van der Waals surface area contributed by atoms with E-state index in [0.717, 1.165) is 10.5 Å². The molecule has 7 nitrogen and oxygen atoms in total. The van der Waals surface area contributed by atoms with Crippen molar-refractivity contribution in [3.8, 4) is 0 Å². The van der Waals surface area contributed by atoms with E-state index in [2.05, 4.69) is 4.98 Å². The van der Waals surface area contributed by atoms with Crippen molar-refractivity contribution < 1.29 is 19.2 Å². The van der Waals surface area contributed by atoms with E-state index in [0.29, 0.717) is 22.4 Å². The molecular weight excluding hydrogens is 418 g/mol. The van der Waals surface area contributed by atoms with Gasteiger partial charge in [0.25, 0.3) is 5.91 Å². The quantitative estimate of drug-likeness (QED) is 0.437. The van der Waals surface area contributed by atoms with E-state index in [1.54, 1.807) is 26.0 Å². The van der Waals surface area contributed by atoms with Crippen LogP contribution >= 0.6 is 0 Å². The normalized spacial score (nSPS) is 15.9. The van der Waals surface area contributed by atoms with Crippen LogP contribution in [-0.4, -0.2) is 44.8 Å². The molecule has 1 saturated heterocycles. The molecule has 1 fully saturated rings. The molecule has 0 bridgehead atoms. The fourth-order valence-corrected chi connectivity index (χ4v) is 4.46. The number of rotatable bonds is 7. The van der Waals surface area contributed by atoms with Crippen LogP contribution in [0.1, 0.15) is 56.2 Å². The van der Waals surface area contributed by atoms with Crippen molar-refractivity contribution in [2.45, 2.75) is 33.4 Å². The molecule has 1 unspecified atom stereocenters. The van der Waals surface area contributed by atoms with E-state index in [9.17, 15) is 19.2 Å². The van der Waals surface area contributed by atoms with Crippen LogP contribution in [0.3, 0.4) is 0 Å². The second kappa shape index (κ2) is 8.86. The number of aromatic amines is 1. The van der Waals surface area contributed by atoms with Crippen LogP contribution in [0.25, 0.3) is 0 Å². The highest BCUT2D eigenvalue weighted by atomic mass is 16.2. The van der Waals surface area contributed by atoms with Crippen molar-refractivity contribution in [3.05, 3.63) is 94.3 Å². The third-order valence-electron chi connectivity index (χ3n) is 5.97. The van der Waals surface area contributed by atoms with Gasteiger partial charge in [-0.3, -0.25) is 19.3 Å². The molecular formula is C26H25N3O4. The van der Waals surface area contributed by atoms with Crippen molar-refractivity contribution in [3.63, 3.8) is 0 Å². The Morgan fingerprint density at radius 2 is 1.55 bits per heavy atom. The SMILES string of the molecule is CC(=O)c1c(C)[nH]c(C(=O)CN2C(=O)C(c3ccccc3)N(Cc3ccccc3)C2=O)c1C. The van der Waals surface area contributed by atoms with Gasteiger partial charge in [-0.25, -0.2) is 4.79 Å². The monoisotopic (exact) mass is 443 g/mol. The number of H-pyrrole nitrogens is 1. The van der Waals surface area contributed by atoms with Crippen LogP contribution in [-0.2, 0) is 11.3 Å². The molecule has 1 atom stereocenters. The lowest BCUT2D eigenvalue weighted by atomic mass is 10.0. The lowest BCUT2D eigenvalue weighted by Crippen LogP contribution is -2.37. The molecule has 2 heterocycles. The number of carbonyl (C=O) groups excluding carboxylic acids is 4. The molecule has 33 heavy (non-hydrogen) atoms. The number of benzene rings is 2. The molecule has 0 spiro atoms. The van der Waals surface area contributed by atoms with Crippen LogP contribution < -0.4 is 0 Å². The van der Waals surface area contributed by atoms with Gasteiger partial charge in [0, 0.05) is 17.8 Å². The number of Topliss-reactive ketones (excluding diaryl/α,β-unsaturated/α-hetero) is 2. The molecule has 0 aliphatic carbocycles. The van der Waals surface area contributed by atoms with Crippen molar-refractivity contribution >= 4 is 23.5 Å². The largest absolute Gasteiger partial charge is 0.355 e. The highest BCUT2D eigenvalue weighted by molar-refractivity contribution is 6.10. The first-order valence-electron chi connectivity index (χ1n) is 10.7. The zero-order valence-electron chi connectivity index (χ0n) is 18.8. The van der Waals surface area contributed by atoms with E-state index in [-0.39, 0.29) is 18.0 Å². The standard InChI is InChI=1S/C26H25N3O4/c1-16-22(18(3)30)17(2)27-23(16)21(31)15-29-25(32)24(20-12-8-5-9-13-20)28(26(29)33)14-19-10-6-4-7-11-19/h4-13,24,27H,14-15H2,1-3H3. The predicted octanol–water partition coefficient (Wildman–Crippen LogP) is 4.22. The lowest BCUT2D eigenvalue weighted by Gasteiger charge is -2.22. The summed E-state index contributed by atoms with van der Waals surface area (Å²) in [6.45, 7) is 4.70. The van der Waals surface area contributed by atoms with Crippen molar-refractivity contribution in [2.24, 2.45) is 0 Å². The topological polar surface area (TPSA) is 90.6 Å². The summed E-state index contributed by atoms with van der Waals surface area (Å²) in [5.74, 6) is -1.01. The minimum Gasteiger partial charge on any atom is -0.355 e. The summed E-state index contributed by atoms with van der Waals surface area (Å²) < 4.78 is 0. The van der Waals surface area contributed by atoms with Crippen LogP contribution in [0.15, 0.2) is 60.7 Å². The molecule has 7 heteroatoms. The molecule has 3 amide bonds. The molecule has 1 N–H and O–H groups in total. The molecule has 4 rings (SSSR count). The van der Waals surface area contributed by atoms with E-state index in [4.69, 9.17) is 0 Å². The number of hydrogen-bond donors (Lipinski definition) is 1. The van der Waals surface area contributed by atoms with E-state index in [1.807, 2.05) is 48.5 Å². The zero-order valence-corrected chi connectivity index (χ0v) is 18.8. The molecule has 2 aromatic carbocycles. The number of nitrogens with zero attached hydrogens (tertiary/aromatic N) is 2. The van der Waals surface area contributed by atoms with Gasteiger partial charge < -0.3 is 9.88 Å². The lowest BCUT2D eigenvalue weighted by molar-refractivity contribution is -0.128. The number of aryl methyl sites for hydroxylation is 1. The molecule has 1 aliphatic heterocycles. The minimum absolute atomic E-state index is 0.146. The summed E-state index contributed by atoms with van der Waals surface area (Å²) in [6, 6.07) is 17.2. The van der Waals surface area contributed by atoms with Gasteiger partial charge in [0.05, 0.1) is 12.2 Å². The first kappa shape index (κ1) is 22.2. The van der Waals surface area contributed by atoms with Gasteiger partial charge in [-0.05, 0) is 37.5 Å². The van der Waals surface area contributed by atoms with Gasteiger partial charge in [-0.2, -0.15) is 0 Å². The zero-order chi connectivity index (χ0) is 23.7. The molecule has 0 saturated carbocycles. The summed E-state index contributed by atoms with van der Waals surface area (Å²) >= 11 is 0. The maximum absolute atomic E-state index is 13.4. The van der Waals surface area contributed by atoms with E-state index >= 15 is 0 Å². The number of aromatic nitrogens is 1. The average molecular weight is 444 g/mol. The van der Waals surface area contributed by atoms with Gasteiger partial charge in [-0.1, -0.05) is 60.7 Å². The smallest absolute Gasteiger partial charge is 0.328 e. The molecule has 1 aromatic heterocycles. The molecule has 3 aromatic rings. The summed E-state index contributed by atoms with van der Waals surface area (Å²) in [5.41, 5.74) is 3.41. The fourth-order valence-electron chi connectivity index (χ4n) is 4.46. The van der Waals surface area contributed by atoms with Crippen LogP contribution in [0, 0.1) is 13.8 Å². The number of hydrogen-bond acceptors (Lipinski definition) is 4. The maximum Gasteiger partial charge on any atom is 0.328 e. The third kappa shape index (κ3) is 4.09. The summed E-state index contributed by atoms with van der Waals surface area (Å²) in [4.78, 5) is 57.2. The Labute approximate surface area is 192 Å². The molecule has 0 radical (unpaired) electrons. The second-order valence-electron chi connectivity index (χ2n) is 8.24. The number of amides is 3. The van der Waals surface area contributed by atoms with Gasteiger partial charge in [0.15, 0.2) is 11.6 Å². The first-order valence-corrected chi connectivity index (χ1v) is 10.7. The Balaban J connectivity index is 1.65.